The summed E-state index contributed by atoms with van der Waals surface area (Å²) in [5.41, 5.74) is 1.18. The Morgan fingerprint density at radius 2 is 2.32 bits per heavy atom. The Labute approximate surface area is 116 Å². The van der Waals surface area contributed by atoms with Crippen LogP contribution in [0.3, 0.4) is 0 Å². The van der Waals surface area contributed by atoms with E-state index in [4.69, 9.17) is 4.74 Å². The van der Waals surface area contributed by atoms with E-state index in [2.05, 4.69) is 27.5 Å². The van der Waals surface area contributed by atoms with Gasteiger partial charge in [-0.3, -0.25) is 4.68 Å². The van der Waals surface area contributed by atoms with Crippen LogP contribution in [0.5, 0.6) is 5.19 Å². The van der Waals surface area contributed by atoms with E-state index in [9.17, 15) is 0 Å². The van der Waals surface area contributed by atoms with Gasteiger partial charge >= 0.3 is 0 Å². The number of nitrogens with one attached hydrogen (secondary N) is 1. The largest absolute Gasteiger partial charge is 0.469 e. The molecule has 6 nitrogen and oxygen atoms in total. The van der Waals surface area contributed by atoms with Crippen molar-refractivity contribution in [2.24, 2.45) is 0 Å². The fourth-order valence-electron chi connectivity index (χ4n) is 1.66. The SMILES string of the molecule is CCOc1nnc(CNC(C)Cn2cc(C)cn2)s1. The van der Waals surface area contributed by atoms with Gasteiger partial charge in [0.25, 0.3) is 5.19 Å². The zero-order chi connectivity index (χ0) is 13.7. The van der Waals surface area contributed by atoms with Crippen molar-refractivity contribution < 1.29 is 4.74 Å². The summed E-state index contributed by atoms with van der Waals surface area (Å²) < 4.78 is 7.24. The van der Waals surface area contributed by atoms with E-state index in [1.54, 1.807) is 0 Å². The minimum absolute atomic E-state index is 0.318. The van der Waals surface area contributed by atoms with Crippen molar-refractivity contribution in [2.75, 3.05) is 6.61 Å². The summed E-state index contributed by atoms with van der Waals surface area (Å²) in [7, 11) is 0. The maximum Gasteiger partial charge on any atom is 0.294 e. The molecule has 104 valence electrons. The first kappa shape index (κ1) is 14.0. The molecule has 0 fully saturated rings. The Balaban J connectivity index is 1.77. The zero-order valence-corrected chi connectivity index (χ0v) is 12.3. The second kappa shape index (κ2) is 6.63. The van der Waals surface area contributed by atoms with Crippen molar-refractivity contribution in [1.29, 1.82) is 0 Å². The molecule has 2 rings (SSSR count). The van der Waals surface area contributed by atoms with Gasteiger partial charge in [0.15, 0.2) is 0 Å². The molecule has 0 bridgehead atoms. The Morgan fingerprint density at radius 3 is 3.00 bits per heavy atom. The summed E-state index contributed by atoms with van der Waals surface area (Å²) in [6.45, 7) is 8.27. The van der Waals surface area contributed by atoms with E-state index >= 15 is 0 Å². The number of nitrogens with zero attached hydrogens (tertiary/aromatic N) is 4. The molecule has 1 unspecified atom stereocenters. The number of hydrogen-bond donors (Lipinski definition) is 1. The highest BCUT2D eigenvalue weighted by Crippen LogP contribution is 2.17. The summed E-state index contributed by atoms with van der Waals surface area (Å²) in [6, 6.07) is 0.318. The average molecular weight is 281 g/mol. The third-order valence-electron chi connectivity index (χ3n) is 2.54. The Bertz CT molecular complexity index is 510. The smallest absolute Gasteiger partial charge is 0.294 e. The predicted octanol–water partition coefficient (Wildman–Crippen LogP) is 1.62. The normalized spacial score (nSPS) is 12.6. The first-order valence-electron chi connectivity index (χ1n) is 6.35. The van der Waals surface area contributed by atoms with Crippen molar-refractivity contribution in [1.82, 2.24) is 25.3 Å². The van der Waals surface area contributed by atoms with Gasteiger partial charge in [-0.15, -0.1) is 10.2 Å². The van der Waals surface area contributed by atoms with Crippen molar-refractivity contribution in [3.63, 3.8) is 0 Å². The second-order valence-electron chi connectivity index (χ2n) is 4.42. The molecule has 2 aromatic heterocycles. The molecule has 0 saturated carbocycles. The number of hydrogen-bond acceptors (Lipinski definition) is 6. The summed E-state index contributed by atoms with van der Waals surface area (Å²) in [4.78, 5) is 0. The molecule has 0 spiro atoms. The average Bonchev–Trinajstić information content (AvgIpc) is 2.97. The third-order valence-corrected chi connectivity index (χ3v) is 3.38. The number of ether oxygens (including phenoxy) is 1. The van der Waals surface area contributed by atoms with E-state index < -0.39 is 0 Å². The Hall–Kier alpha value is -1.47. The van der Waals surface area contributed by atoms with Crippen LogP contribution in [0.4, 0.5) is 0 Å². The van der Waals surface area contributed by atoms with Gasteiger partial charge in [0.2, 0.25) is 0 Å². The van der Waals surface area contributed by atoms with Gasteiger partial charge in [-0.1, -0.05) is 11.3 Å². The second-order valence-corrected chi connectivity index (χ2v) is 5.44. The van der Waals surface area contributed by atoms with Crippen molar-refractivity contribution in [3.8, 4) is 5.19 Å². The molecule has 0 aliphatic rings. The van der Waals surface area contributed by atoms with E-state index in [1.807, 2.05) is 30.9 Å². The molecule has 0 amide bonds. The van der Waals surface area contributed by atoms with Crippen molar-refractivity contribution >= 4 is 11.3 Å². The van der Waals surface area contributed by atoms with Crippen LogP contribution < -0.4 is 10.1 Å². The van der Waals surface area contributed by atoms with Crippen molar-refractivity contribution in [2.45, 2.75) is 39.9 Å². The highest BCUT2D eigenvalue weighted by atomic mass is 32.1. The van der Waals surface area contributed by atoms with Crippen LogP contribution in [0, 0.1) is 6.92 Å². The number of rotatable bonds is 7. The van der Waals surface area contributed by atoms with Gasteiger partial charge in [0.1, 0.15) is 5.01 Å². The van der Waals surface area contributed by atoms with Crippen LogP contribution in [0.25, 0.3) is 0 Å². The maximum atomic E-state index is 5.29. The predicted molar refractivity (Wildman–Crippen MR) is 74.3 cm³/mol. The first-order chi connectivity index (χ1) is 9.17. The lowest BCUT2D eigenvalue weighted by molar-refractivity contribution is 0.335. The molecule has 0 saturated heterocycles. The summed E-state index contributed by atoms with van der Waals surface area (Å²) >= 11 is 1.48. The van der Waals surface area contributed by atoms with Gasteiger partial charge in [-0.2, -0.15) is 5.10 Å². The van der Waals surface area contributed by atoms with Gasteiger partial charge in [-0.05, 0) is 26.3 Å². The highest BCUT2D eigenvalue weighted by molar-refractivity contribution is 7.13. The lowest BCUT2D eigenvalue weighted by atomic mass is 10.3. The fraction of sp³-hybridized carbons (Fsp3) is 0.583. The summed E-state index contributed by atoms with van der Waals surface area (Å²) in [5, 5.41) is 17.3. The van der Waals surface area contributed by atoms with Crippen LogP contribution in [0.2, 0.25) is 0 Å². The minimum Gasteiger partial charge on any atom is -0.469 e. The lowest BCUT2D eigenvalue weighted by Gasteiger charge is -2.12. The molecule has 0 aromatic carbocycles. The van der Waals surface area contributed by atoms with E-state index in [1.165, 1.54) is 16.9 Å². The molecule has 1 N–H and O–H groups in total. The molecule has 0 radical (unpaired) electrons. The molecule has 2 heterocycles. The van der Waals surface area contributed by atoms with Crippen LogP contribution in [0.15, 0.2) is 12.4 Å². The van der Waals surface area contributed by atoms with Gasteiger partial charge in [0.05, 0.1) is 25.9 Å². The van der Waals surface area contributed by atoms with Crippen LogP contribution >= 0.6 is 11.3 Å². The van der Waals surface area contributed by atoms with Crippen molar-refractivity contribution in [3.05, 3.63) is 23.0 Å². The summed E-state index contributed by atoms with van der Waals surface area (Å²) in [6.07, 6.45) is 3.90. The lowest BCUT2D eigenvalue weighted by Crippen LogP contribution is -2.30. The molecule has 2 aromatic rings. The molecule has 0 aliphatic carbocycles. The third kappa shape index (κ3) is 4.29. The van der Waals surface area contributed by atoms with Gasteiger partial charge < -0.3 is 10.1 Å². The molecular formula is C12H19N5OS. The molecule has 0 aliphatic heterocycles. The number of aryl methyl sites for hydroxylation is 1. The molecular weight excluding hydrogens is 262 g/mol. The molecule has 7 heteroatoms. The van der Waals surface area contributed by atoms with Crippen LogP contribution in [-0.2, 0) is 13.1 Å². The minimum atomic E-state index is 0.318. The van der Waals surface area contributed by atoms with E-state index in [-0.39, 0.29) is 0 Å². The first-order valence-corrected chi connectivity index (χ1v) is 7.16. The number of aromatic nitrogens is 4. The molecule has 19 heavy (non-hydrogen) atoms. The van der Waals surface area contributed by atoms with E-state index in [0.29, 0.717) is 24.4 Å². The quantitative estimate of drug-likeness (QED) is 0.835. The monoisotopic (exact) mass is 281 g/mol. The maximum absolute atomic E-state index is 5.29. The van der Waals surface area contributed by atoms with Gasteiger partial charge in [-0.25, -0.2) is 0 Å². The van der Waals surface area contributed by atoms with Crippen LogP contribution in [0.1, 0.15) is 24.4 Å². The highest BCUT2D eigenvalue weighted by Gasteiger charge is 2.07. The summed E-state index contributed by atoms with van der Waals surface area (Å²) in [5.74, 6) is 0. The van der Waals surface area contributed by atoms with Crippen LogP contribution in [-0.4, -0.2) is 32.6 Å². The molecule has 1 atom stereocenters. The standard InChI is InChI=1S/C12H19N5OS/c1-4-18-12-16-15-11(19-12)6-13-10(3)8-17-7-9(2)5-14-17/h5,7,10,13H,4,6,8H2,1-3H3. The van der Waals surface area contributed by atoms with E-state index in [0.717, 1.165) is 11.6 Å². The topological polar surface area (TPSA) is 64.9 Å². The zero-order valence-electron chi connectivity index (χ0n) is 11.5. The fourth-order valence-corrected chi connectivity index (χ4v) is 2.36. The Kier molecular flexibility index (Phi) is 4.86. The Morgan fingerprint density at radius 1 is 1.47 bits per heavy atom. The van der Waals surface area contributed by atoms with Gasteiger partial charge in [0, 0.05) is 12.2 Å².